The monoisotopic (exact) mass is 847 g/mol. The minimum atomic E-state index is -4.11. The molecule has 5 aliphatic rings. The number of rotatable bonds is 8. The van der Waals surface area contributed by atoms with Gasteiger partial charge in [-0.3, -0.25) is 24.0 Å². The Morgan fingerprint density at radius 1 is 1.10 bits per heavy atom. The fourth-order valence-electron chi connectivity index (χ4n) is 8.14. The quantitative estimate of drug-likeness (QED) is 0.321. The smallest absolute Gasteiger partial charge is 0.408 e. The van der Waals surface area contributed by atoms with Gasteiger partial charge in [-0.1, -0.05) is 12.2 Å². The first-order chi connectivity index (χ1) is 27.6. The zero-order valence-electron chi connectivity index (χ0n) is 33.8. The van der Waals surface area contributed by atoms with Crippen LogP contribution in [0.15, 0.2) is 36.5 Å². The van der Waals surface area contributed by atoms with E-state index < -0.39 is 91.9 Å². The number of carboxylic acid groups (broad SMARTS) is 1. The third kappa shape index (κ3) is 7.75. The summed E-state index contributed by atoms with van der Waals surface area (Å²) >= 11 is 0. The van der Waals surface area contributed by atoms with E-state index >= 15 is 13.6 Å². The van der Waals surface area contributed by atoms with Crippen LogP contribution < -0.4 is 24.2 Å². The van der Waals surface area contributed by atoms with E-state index in [0.29, 0.717) is 73.0 Å². The molecule has 1 saturated heterocycles. The van der Waals surface area contributed by atoms with Crippen LogP contribution >= 0.6 is 0 Å². The third-order valence-corrected chi connectivity index (χ3v) is 14.7. The lowest BCUT2D eigenvalue weighted by Crippen LogP contribution is -2.68. The molecule has 3 aliphatic heterocycles. The van der Waals surface area contributed by atoms with Gasteiger partial charge in [0, 0.05) is 36.2 Å². The normalized spacial score (nSPS) is 30.1. The largest absolute Gasteiger partial charge is 0.486 e. The Morgan fingerprint density at radius 3 is 2.49 bits per heavy atom. The predicted molar refractivity (Wildman–Crippen MR) is 208 cm³/mol. The van der Waals surface area contributed by atoms with Gasteiger partial charge in [-0.05, 0) is 84.9 Å². The topological polar surface area (TPSA) is 203 Å². The highest BCUT2D eigenvalue weighted by molar-refractivity contribution is 7.91. The molecule has 0 spiro atoms. The average Bonchev–Trinajstić information content (AvgIpc) is 4.04. The van der Waals surface area contributed by atoms with Crippen LogP contribution in [0.1, 0.15) is 80.1 Å². The van der Waals surface area contributed by atoms with Gasteiger partial charge in [-0.2, -0.15) is 0 Å². The zero-order chi connectivity index (χ0) is 42.9. The van der Waals surface area contributed by atoms with E-state index in [1.165, 1.54) is 20.0 Å². The number of ether oxygens (including phenoxy) is 4. The molecule has 2 aliphatic carbocycles. The molecule has 16 nitrogen and oxygen atoms in total. The van der Waals surface area contributed by atoms with Crippen molar-refractivity contribution < 1.29 is 60.4 Å². The predicted octanol–water partition coefficient (Wildman–Crippen LogP) is 4.15. The average molecular weight is 848 g/mol. The Morgan fingerprint density at radius 2 is 1.81 bits per heavy atom. The summed E-state index contributed by atoms with van der Waals surface area (Å²) in [6, 6.07) is 1.82. The van der Waals surface area contributed by atoms with Gasteiger partial charge in [-0.25, -0.2) is 27.0 Å². The van der Waals surface area contributed by atoms with Gasteiger partial charge < -0.3 is 34.3 Å². The van der Waals surface area contributed by atoms with Gasteiger partial charge in [0.05, 0.1) is 23.5 Å². The number of hydrogen-bond acceptors (Lipinski definition) is 11. The van der Waals surface area contributed by atoms with Gasteiger partial charge in [0.25, 0.3) is 11.8 Å². The number of halogens is 2. The lowest BCUT2D eigenvalue weighted by Gasteiger charge is -2.47. The number of hydrogen-bond donors (Lipinski definition) is 3. The number of fused-ring (bicyclic) bond motifs is 5. The van der Waals surface area contributed by atoms with Gasteiger partial charge in [0.1, 0.15) is 42.5 Å². The lowest BCUT2D eigenvalue weighted by atomic mass is 9.91. The van der Waals surface area contributed by atoms with Crippen molar-refractivity contribution in [1.29, 1.82) is 0 Å². The molecule has 3 fully saturated rings. The van der Waals surface area contributed by atoms with E-state index in [0.717, 1.165) is 18.7 Å². The molecule has 7 rings (SSSR count). The minimum absolute atomic E-state index is 0.0577. The minimum Gasteiger partial charge on any atom is -0.486 e. The second kappa shape index (κ2) is 15.0. The number of alkyl halides is 2. The van der Waals surface area contributed by atoms with Gasteiger partial charge >= 0.3 is 6.09 Å². The molecule has 4 heterocycles. The van der Waals surface area contributed by atoms with E-state index in [2.05, 4.69) is 15.0 Å². The first-order valence-electron chi connectivity index (χ1n) is 19.9. The Kier molecular flexibility index (Phi) is 10.8. The molecule has 322 valence electrons. The maximum absolute atomic E-state index is 15.3. The highest BCUT2D eigenvalue weighted by Crippen LogP contribution is 2.48. The Hall–Kier alpha value is -4.78. The SMILES string of the molecule is C[C@@H]1CC/C=C\[C@@H]2C[C@@]2(C(=O)NS(=O)(=O)C2(C)CC2)NC(=O)[C@@H]2C[C@@H](Oc3nccc4c5c(ccc34)OCCO5)CN2C(=O)[C@@H](N(C(=O)O)C(C)(C)C(C)(F)F)[C@H](C)O1. The summed E-state index contributed by atoms with van der Waals surface area (Å²) in [5.74, 6) is -5.91. The van der Waals surface area contributed by atoms with Crippen molar-refractivity contribution in [2.24, 2.45) is 5.92 Å². The van der Waals surface area contributed by atoms with E-state index in [-0.39, 0.29) is 25.3 Å². The molecule has 0 bridgehead atoms. The van der Waals surface area contributed by atoms with Crippen LogP contribution in [0, 0.1) is 5.92 Å². The fourth-order valence-corrected chi connectivity index (χ4v) is 9.45. The van der Waals surface area contributed by atoms with Crippen LogP contribution in [-0.2, 0) is 29.1 Å². The van der Waals surface area contributed by atoms with Crippen LogP contribution in [0.25, 0.3) is 10.8 Å². The first-order valence-corrected chi connectivity index (χ1v) is 21.3. The molecule has 0 unspecified atom stereocenters. The van der Waals surface area contributed by atoms with Crippen LogP contribution in [0.4, 0.5) is 13.6 Å². The molecule has 2 aromatic rings. The number of nitrogens with zero attached hydrogens (tertiary/aromatic N) is 3. The molecule has 59 heavy (non-hydrogen) atoms. The number of carbonyl (C=O) groups is 4. The van der Waals surface area contributed by atoms with Gasteiger partial charge in [0.15, 0.2) is 11.5 Å². The maximum atomic E-state index is 15.3. The Labute approximate surface area is 341 Å². The molecule has 0 radical (unpaired) electrons. The first kappa shape index (κ1) is 42.3. The summed E-state index contributed by atoms with van der Waals surface area (Å²) in [5, 5.41) is 14.5. The third-order valence-electron chi connectivity index (χ3n) is 12.5. The Balaban J connectivity index is 1.29. The summed E-state index contributed by atoms with van der Waals surface area (Å²) in [6.45, 7) is 7.59. The van der Waals surface area contributed by atoms with Gasteiger partial charge in [0.2, 0.25) is 27.7 Å². The number of carbonyl (C=O) groups excluding carboxylic acids is 3. The second-order valence-corrected chi connectivity index (χ2v) is 19.3. The summed E-state index contributed by atoms with van der Waals surface area (Å²) in [5.41, 5.74) is -4.16. The molecular formula is C40H51F2N5O11S. The lowest BCUT2D eigenvalue weighted by molar-refractivity contribution is -0.164. The molecule has 1 aromatic carbocycles. The van der Waals surface area contributed by atoms with Crippen molar-refractivity contribution in [3.63, 3.8) is 0 Å². The van der Waals surface area contributed by atoms with Crippen LogP contribution in [0.5, 0.6) is 17.4 Å². The molecule has 1 aromatic heterocycles. The van der Waals surface area contributed by atoms with E-state index in [4.69, 9.17) is 18.9 Å². The zero-order valence-corrected chi connectivity index (χ0v) is 34.6. The van der Waals surface area contributed by atoms with Crippen molar-refractivity contribution in [3.8, 4) is 17.4 Å². The van der Waals surface area contributed by atoms with E-state index in [9.17, 15) is 27.9 Å². The van der Waals surface area contributed by atoms with Crippen molar-refractivity contribution in [1.82, 2.24) is 24.8 Å². The number of pyridine rings is 1. The molecular weight excluding hydrogens is 797 g/mol. The number of benzene rings is 1. The molecule has 7 atom stereocenters. The van der Waals surface area contributed by atoms with Crippen molar-refractivity contribution in [2.75, 3.05) is 19.8 Å². The fraction of sp³-hybridized carbons (Fsp3) is 0.625. The molecule has 4 amide bonds. The number of aromatic nitrogens is 1. The highest BCUT2D eigenvalue weighted by atomic mass is 32.2. The molecule has 3 N–H and O–H groups in total. The van der Waals surface area contributed by atoms with Crippen LogP contribution in [0.2, 0.25) is 0 Å². The Bertz CT molecular complexity index is 2180. The number of nitrogens with one attached hydrogen (secondary N) is 2. The van der Waals surface area contributed by atoms with Crippen molar-refractivity contribution in [3.05, 3.63) is 36.5 Å². The number of sulfonamides is 1. The standard InChI is InChI=1S/C40H51F2N5O11S/c1-22-9-7-8-10-24-20-40(24,35(50)45-59(53,54)38(5)14-15-38)44-32(48)28-19-25(58-33-27-11-12-29-31(56-18-17-55-29)26(27)13-16-43-33)21-46(28)34(49)30(23(2)57-22)47(36(51)52)37(3,4)39(6,41)42/h8,10-13,16,22-25,28,30H,7,9,14-15,17-21H2,1-6H3,(H,44,48)(H,45,50)(H,51,52)/b10-8-/t22-,23+,24-,25-,28+,30+,40-/m1/s1. The number of allylic oxidation sites excluding steroid dienone is 1. The van der Waals surface area contributed by atoms with Crippen molar-refractivity contribution >= 4 is 44.6 Å². The maximum Gasteiger partial charge on any atom is 0.408 e. The van der Waals surface area contributed by atoms with Crippen LogP contribution in [-0.4, -0.2) is 124 Å². The molecule has 2 saturated carbocycles. The van der Waals surface area contributed by atoms with Crippen LogP contribution in [0.3, 0.4) is 0 Å². The summed E-state index contributed by atoms with van der Waals surface area (Å²) in [6.07, 6.45) is 1.65. The highest BCUT2D eigenvalue weighted by Gasteiger charge is 2.63. The van der Waals surface area contributed by atoms with Crippen molar-refractivity contribution in [2.45, 2.75) is 132 Å². The molecule has 19 heteroatoms. The number of amides is 4. The summed E-state index contributed by atoms with van der Waals surface area (Å²) in [4.78, 5) is 62.6. The van der Waals surface area contributed by atoms with E-state index in [1.807, 2.05) is 0 Å². The summed E-state index contributed by atoms with van der Waals surface area (Å²) < 4.78 is 82.4. The van der Waals surface area contributed by atoms with E-state index in [1.54, 1.807) is 37.3 Å². The summed E-state index contributed by atoms with van der Waals surface area (Å²) in [7, 11) is -4.11. The van der Waals surface area contributed by atoms with Gasteiger partial charge in [-0.15, -0.1) is 0 Å². The second-order valence-electron chi connectivity index (χ2n) is 17.1.